The van der Waals surface area contributed by atoms with Gasteiger partial charge in [0.25, 0.3) is 0 Å². The highest BCUT2D eigenvalue weighted by Gasteiger charge is 2.15. The third kappa shape index (κ3) is 4.90. The lowest BCUT2D eigenvalue weighted by Gasteiger charge is -2.21. The highest BCUT2D eigenvalue weighted by molar-refractivity contribution is 9.11. The van der Waals surface area contributed by atoms with E-state index in [0.717, 1.165) is 33.9 Å². The molecular formula is C17H18Br2FN. The van der Waals surface area contributed by atoms with Crippen LogP contribution in [0.15, 0.2) is 51.4 Å². The number of halogens is 3. The largest absolute Gasteiger partial charge is 0.310 e. The average molecular weight is 415 g/mol. The van der Waals surface area contributed by atoms with Crippen molar-refractivity contribution < 1.29 is 4.39 Å². The van der Waals surface area contributed by atoms with Crippen LogP contribution < -0.4 is 5.32 Å². The molecule has 0 saturated carbocycles. The summed E-state index contributed by atoms with van der Waals surface area (Å²) in [5.41, 5.74) is 2.19. The number of hydrogen-bond acceptors (Lipinski definition) is 1. The van der Waals surface area contributed by atoms with Gasteiger partial charge in [0, 0.05) is 15.0 Å². The molecular weight excluding hydrogens is 397 g/mol. The lowest BCUT2D eigenvalue weighted by molar-refractivity contribution is 0.525. The van der Waals surface area contributed by atoms with E-state index in [0.29, 0.717) is 0 Å². The molecule has 2 rings (SSSR count). The smallest absolute Gasteiger partial charge is 0.123 e. The lowest BCUT2D eigenvalue weighted by atomic mass is 9.98. The van der Waals surface area contributed by atoms with Gasteiger partial charge in [0.1, 0.15) is 5.82 Å². The zero-order valence-electron chi connectivity index (χ0n) is 11.9. The lowest BCUT2D eigenvalue weighted by Crippen LogP contribution is -2.24. The Bertz CT molecular complexity index is 601. The minimum Gasteiger partial charge on any atom is -0.310 e. The molecule has 0 spiro atoms. The van der Waals surface area contributed by atoms with Crippen LogP contribution in [0.1, 0.15) is 30.5 Å². The van der Waals surface area contributed by atoms with Crippen molar-refractivity contribution in [2.45, 2.75) is 25.8 Å². The molecule has 0 aliphatic heterocycles. The first kappa shape index (κ1) is 16.7. The van der Waals surface area contributed by atoms with E-state index >= 15 is 0 Å². The Morgan fingerprint density at radius 2 is 1.95 bits per heavy atom. The molecule has 112 valence electrons. The van der Waals surface area contributed by atoms with Gasteiger partial charge in [-0.3, -0.25) is 0 Å². The molecule has 1 atom stereocenters. The monoisotopic (exact) mass is 413 g/mol. The molecule has 2 aromatic rings. The summed E-state index contributed by atoms with van der Waals surface area (Å²) in [6.07, 6.45) is 1.83. The number of nitrogens with one attached hydrogen (secondary N) is 1. The van der Waals surface area contributed by atoms with E-state index in [2.05, 4.69) is 50.2 Å². The average Bonchev–Trinajstić information content (AvgIpc) is 2.44. The Morgan fingerprint density at radius 1 is 1.14 bits per heavy atom. The maximum Gasteiger partial charge on any atom is 0.123 e. The van der Waals surface area contributed by atoms with Gasteiger partial charge in [-0.2, -0.15) is 0 Å². The molecule has 0 heterocycles. The summed E-state index contributed by atoms with van der Waals surface area (Å²) in [4.78, 5) is 0. The second-order valence-electron chi connectivity index (χ2n) is 5.01. The van der Waals surface area contributed by atoms with E-state index in [-0.39, 0.29) is 11.9 Å². The molecule has 0 aromatic heterocycles. The Labute approximate surface area is 142 Å². The Hall–Kier alpha value is -0.710. The van der Waals surface area contributed by atoms with Crippen molar-refractivity contribution >= 4 is 31.9 Å². The van der Waals surface area contributed by atoms with E-state index in [9.17, 15) is 4.39 Å². The van der Waals surface area contributed by atoms with Crippen molar-refractivity contribution in [1.29, 1.82) is 0 Å². The van der Waals surface area contributed by atoms with Gasteiger partial charge in [-0.15, -0.1) is 0 Å². The normalized spacial score (nSPS) is 12.4. The predicted molar refractivity (Wildman–Crippen MR) is 93.0 cm³/mol. The van der Waals surface area contributed by atoms with Crippen molar-refractivity contribution in [3.63, 3.8) is 0 Å². The quantitative estimate of drug-likeness (QED) is 0.645. The fraction of sp³-hybridized carbons (Fsp3) is 0.294. The van der Waals surface area contributed by atoms with Crippen LogP contribution in [0.25, 0.3) is 0 Å². The number of hydrogen-bond donors (Lipinski definition) is 1. The van der Waals surface area contributed by atoms with Crippen LogP contribution in [0.4, 0.5) is 4.39 Å². The molecule has 21 heavy (non-hydrogen) atoms. The van der Waals surface area contributed by atoms with E-state index in [4.69, 9.17) is 0 Å². The fourth-order valence-corrected chi connectivity index (χ4v) is 3.62. The first-order valence-corrected chi connectivity index (χ1v) is 8.61. The standard InChI is InChI=1S/C17H18Br2FN/c1-2-8-21-17(10-12-4-3-5-14(20)9-12)15-7-6-13(18)11-16(15)19/h3-7,9,11,17,21H,2,8,10H2,1H3. The van der Waals surface area contributed by atoms with Crippen LogP contribution in [-0.4, -0.2) is 6.54 Å². The van der Waals surface area contributed by atoms with E-state index in [1.165, 1.54) is 11.6 Å². The topological polar surface area (TPSA) is 12.0 Å². The molecule has 1 unspecified atom stereocenters. The third-order valence-corrected chi connectivity index (χ3v) is 4.49. The fourth-order valence-electron chi connectivity index (χ4n) is 2.29. The molecule has 0 aliphatic rings. The van der Waals surface area contributed by atoms with Crippen molar-refractivity contribution in [2.24, 2.45) is 0 Å². The summed E-state index contributed by atoms with van der Waals surface area (Å²) in [6, 6.07) is 13.2. The van der Waals surface area contributed by atoms with Gasteiger partial charge < -0.3 is 5.32 Å². The Morgan fingerprint density at radius 3 is 2.62 bits per heavy atom. The van der Waals surface area contributed by atoms with Crippen molar-refractivity contribution in [2.75, 3.05) is 6.54 Å². The van der Waals surface area contributed by atoms with Crippen LogP contribution in [0.5, 0.6) is 0 Å². The zero-order valence-corrected chi connectivity index (χ0v) is 15.0. The third-order valence-electron chi connectivity index (χ3n) is 3.31. The minimum atomic E-state index is -0.184. The molecule has 1 nitrogen and oxygen atoms in total. The van der Waals surface area contributed by atoms with Crippen LogP contribution in [-0.2, 0) is 6.42 Å². The Balaban J connectivity index is 2.25. The van der Waals surface area contributed by atoms with Crippen LogP contribution in [0.3, 0.4) is 0 Å². The second kappa shape index (κ2) is 8.06. The predicted octanol–water partition coefficient (Wildman–Crippen LogP) is 5.63. The summed E-state index contributed by atoms with van der Waals surface area (Å²) >= 11 is 7.10. The Kier molecular flexibility index (Phi) is 6.40. The van der Waals surface area contributed by atoms with Crippen LogP contribution >= 0.6 is 31.9 Å². The summed E-state index contributed by atoms with van der Waals surface area (Å²) < 4.78 is 15.5. The molecule has 1 N–H and O–H groups in total. The van der Waals surface area contributed by atoms with Crippen molar-refractivity contribution in [1.82, 2.24) is 5.32 Å². The van der Waals surface area contributed by atoms with Gasteiger partial charge in [-0.25, -0.2) is 4.39 Å². The maximum atomic E-state index is 13.4. The van der Waals surface area contributed by atoms with Gasteiger partial charge in [0.05, 0.1) is 0 Å². The van der Waals surface area contributed by atoms with Gasteiger partial charge in [-0.1, -0.05) is 57.0 Å². The summed E-state index contributed by atoms with van der Waals surface area (Å²) in [5, 5.41) is 3.55. The molecule has 4 heteroatoms. The van der Waals surface area contributed by atoms with Crippen LogP contribution in [0.2, 0.25) is 0 Å². The minimum absolute atomic E-state index is 0.161. The molecule has 0 fully saturated rings. The second-order valence-corrected chi connectivity index (χ2v) is 6.78. The highest BCUT2D eigenvalue weighted by atomic mass is 79.9. The van der Waals surface area contributed by atoms with Gasteiger partial charge >= 0.3 is 0 Å². The van der Waals surface area contributed by atoms with E-state index < -0.39 is 0 Å². The van der Waals surface area contributed by atoms with E-state index in [1.54, 1.807) is 12.1 Å². The molecule has 2 aromatic carbocycles. The van der Waals surface area contributed by atoms with Crippen molar-refractivity contribution in [3.8, 4) is 0 Å². The summed E-state index contributed by atoms with van der Waals surface area (Å²) in [5.74, 6) is -0.184. The number of benzene rings is 2. The summed E-state index contributed by atoms with van der Waals surface area (Å²) in [6.45, 7) is 3.07. The molecule has 0 amide bonds. The van der Waals surface area contributed by atoms with Gasteiger partial charge in [-0.05, 0) is 54.8 Å². The summed E-state index contributed by atoms with van der Waals surface area (Å²) in [7, 11) is 0. The van der Waals surface area contributed by atoms with Gasteiger partial charge in [0.2, 0.25) is 0 Å². The molecule has 0 radical (unpaired) electrons. The SMILES string of the molecule is CCCNC(Cc1cccc(F)c1)c1ccc(Br)cc1Br. The van der Waals surface area contributed by atoms with E-state index in [1.807, 2.05) is 18.2 Å². The first-order valence-electron chi connectivity index (χ1n) is 7.03. The molecule has 0 saturated heterocycles. The maximum absolute atomic E-state index is 13.4. The molecule has 0 aliphatic carbocycles. The zero-order chi connectivity index (χ0) is 15.2. The van der Waals surface area contributed by atoms with Gasteiger partial charge in [0.15, 0.2) is 0 Å². The highest BCUT2D eigenvalue weighted by Crippen LogP contribution is 2.29. The van der Waals surface area contributed by atoms with Crippen molar-refractivity contribution in [3.05, 3.63) is 68.4 Å². The van der Waals surface area contributed by atoms with Crippen LogP contribution in [0, 0.1) is 5.82 Å². The first-order chi connectivity index (χ1) is 10.1. The molecule has 0 bridgehead atoms. The number of rotatable bonds is 6.